The van der Waals surface area contributed by atoms with Crippen LogP contribution in [0.3, 0.4) is 0 Å². The van der Waals surface area contributed by atoms with Gasteiger partial charge in [-0.2, -0.15) is 0 Å². The van der Waals surface area contributed by atoms with Crippen LogP contribution in [0.15, 0.2) is 78.9 Å². The number of rotatable bonds is 6. The third-order valence-corrected chi connectivity index (χ3v) is 8.07. The minimum atomic E-state index is -0.717. The maximum absolute atomic E-state index is 13.5. The van der Waals surface area contributed by atoms with Crippen LogP contribution < -0.4 is 10.2 Å². The molecule has 2 aliphatic carbocycles. The molecule has 0 spiro atoms. The van der Waals surface area contributed by atoms with E-state index in [1.165, 1.54) is 46.9 Å². The molecular formula is C30H25FN2O5. The predicted octanol–water partition coefficient (Wildman–Crippen LogP) is 4.55. The van der Waals surface area contributed by atoms with E-state index >= 15 is 0 Å². The van der Waals surface area contributed by atoms with Crippen LogP contribution in [0.25, 0.3) is 0 Å². The van der Waals surface area contributed by atoms with E-state index < -0.39 is 24.3 Å². The normalized spacial score (nSPS) is 25.4. The zero-order chi connectivity index (χ0) is 26.4. The Labute approximate surface area is 218 Å². The largest absolute Gasteiger partial charge is 0.452 e. The number of imide groups is 1. The maximum atomic E-state index is 13.5. The fourth-order valence-electron chi connectivity index (χ4n) is 6.49. The summed E-state index contributed by atoms with van der Waals surface area (Å²) >= 11 is 0. The fourth-order valence-corrected chi connectivity index (χ4v) is 6.49. The molecule has 0 radical (unpaired) electrons. The van der Waals surface area contributed by atoms with Crippen LogP contribution >= 0.6 is 0 Å². The summed E-state index contributed by atoms with van der Waals surface area (Å²) in [6, 6.07) is 21.5. The second-order valence-corrected chi connectivity index (χ2v) is 10.2. The molecule has 192 valence electrons. The monoisotopic (exact) mass is 512 g/mol. The Hall–Kier alpha value is -4.33. The van der Waals surface area contributed by atoms with Crippen molar-refractivity contribution in [3.63, 3.8) is 0 Å². The smallest absolute Gasteiger partial charge is 0.338 e. The van der Waals surface area contributed by atoms with Crippen LogP contribution in [-0.2, 0) is 19.1 Å². The quantitative estimate of drug-likeness (QED) is 0.386. The van der Waals surface area contributed by atoms with Crippen LogP contribution in [0.1, 0.15) is 34.7 Å². The number of hydrogen-bond donors (Lipinski definition) is 1. The molecule has 7 nitrogen and oxygen atoms in total. The average Bonchev–Trinajstić information content (AvgIpc) is 3.60. The summed E-state index contributed by atoms with van der Waals surface area (Å²) < 4.78 is 18.1. The minimum absolute atomic E-state index is 0.157. The second-order valence-electron chi connectivity index (χ2n) is 10.2. The number of benzene rings is 3. The predicted molar refractivity (Wildman–Crippen MR) is 137 cm³/mol. The molecule has 2 bridgehead atoms. The molecule has 3 amide bonds. The molecule has 3 fully saturated rings. The van der Waals surface area contributed by atoms with E-state index in [0.29, 0.717) is 11.4 Å². The zero-order valence-corrected chi connectivity index (χ0v) is 20.4. The molecule has 3 aromatic carbocycles. The highest BCUT2D eigenvalue weighted by Crippen LogP contribution is 2.61. The summed E-state index contributed by atoms with van der Waals surface area (Å²) in [5.74, 6) is -1.98. The molecule has 0 aromatic heterocycles. The van der Waals surface area contributed by atoms with E-state index in [1.54, 1.807) is 12.1 Å². The van der Waals surface area contributed by atoms with Gasteiger partial charge in [0.2, 0.25) is 11.8 Å². The van der Waals surface area contributed by atoms with E-state index in [1.807, 2.05) is 18.2 Å². The van der Waals surface area contributed by atoms with Gasteiger partial charge in [-0.05, 0) is 84.7 Å². The number of nitrogens with zero attached hydrogens (tertiary/aromatic N) is 1. The first-order chi connectivity index (χ1) is 18.4. The number of carbonyl (C=O) groups excluding carboxylic acids is 4. The zero-order valence-electron chi connectivity index (χ0n) is 20.4. The van der Waals surface area contributed by atoms with Gasteiger partial charge in [-0.3, -0.25) is 19.3 Å². The van der Waals surface area contributed by atoms with Crippen molar-refractivity contribution in [1.82, 2.24) is 0 Å². The molecule has 1 aliphatic heterocycles. The van der Waals surface area contributed by atoms with E-state index in [9.17, 15) is 23.6 Å². The molecule has 2 saturated carbocycles. The minimum Gasteiger partial charge on any atom is -0.452 e. The van der Waals surface area contributed by atoms with Crippen molar-refractivity contribution < 1.29 is 28.3 Å². The lowest BCUT2D eigenvalue weighted by Gasteiger charge is -2.28. The van der Waals surface area contributed by atoms with Gasteiger partial charge in [-0.25, -0.2) is 9.18 Å². The Morgan fingerprint density at radius 2 is 1.55 bits per heavy atom. The standard InChI is InChI=1S/C30H25FN2O5/c31-20-8-10-21(11-9-20)32-25(34)16-38-30(37)18-6-12-22(13-7-18)33-28(35)26-19-14-23(17-4-2-1-3-5-17)24(15-19)27(26)29(33)36/h1-13,19,23-24,26-27H,14-16H2,(H,32,34)/t19-,23-,24+,26+,27-/m0/s1. The molecule has 38 heavy (non-hydrogen) atoms. The molecule has 1 N–H and O–H groups in total. The number of fused-ring (bicyclic) bond motifs is 5. The Morgan fingerprint density at radius 3 is 2.26 bits per heavy atom. The number of halogens is 1. The molecule has 6 rings (SSSR count). The SMILES string of the molecule is O=C(COC(=O)c1ccc(N2C(=O)[C@@H]3[C@@H]4C[C@@H]([C@@H]3C2=O)[C@H](c2ccccc2)C4)cc1)Nc1ccc(F)cc1. The lowest BCUT2D eigenvalue weighted by atomic mass is 9.73. The molecule has 5 atom stereocenters. The van der Waals surface area contributed by atoms with Crippen molar-refractivity contribution >= 4 is 35.1 Å². The van der Waals surface area contributed by atoms with Gasteiger partial charge in [0.05, 0.1) is 23.1 Å². The van der Waals surface area contributed by atoms with E-state index in [4.69, 9.17) is 4.74 Å². The van der Waals surface area contributed by atoms with Gasteiger partial charge in [0.15, 0.2) is 6.61 Å². The van der Waals surface area contributed by atoms with E-state index in [-0.39, 0.29) is 47.0 Å². The highest BCUT2D eigenvalue weighted by molar-refractivity contribution is 6.22. The number of amides is 3. The number of nitrogens with one attached hydrogen (secondary N) is 1. The topological polar surface area (TPSA) is 92.8 Å². The van der Waals surface area contributed by atoms with Crippen molar-refractivity contribution in [2.75, 3.05) is 16.8 Å². The van der Waals surface area contributed by atoms with Gasteiger partial charge in [0.1, 0.15) is 5.82 Å². The molecule has 1 saturated heterocycles. The van der Waals surface area contributed by atoms with Crippen molar-refractivity contribution in [1.29, 1.82) is 0 Å². The second kappa shape index (κ2) is 9.52. The van der Waals surface area contributed by atoms with E-state index in [0.717, 1.165) is 12.8 Å². The highest BCUT2D eigenvalue weighted by Gasteiger charge is 2.64. The number of carbonyl (C=O) groups is 4. The molecule has 8 heteroatoms. The van der Waals surface area contributed by atoms with Crippen LogP contribution in [-0.4, -0.2) is 30.3 Å². The van der Waals surface area contributed by atoms with Crippen LogP contribution in [0.5, 0.6) is 0 Å². The molecule has 3 aromatic rings. The van der Waals surface area contributed by atoms with Gasteiger partial charge in [0.25, 0.3) is 5.91 Å². The van der Waals surface area contributed by atoms with Crippen LogP contribution in [0.2, 0.25) is 0 Å². The number of ether oxygens (including phenoxy) is 1. The summed E-state index contributed by atoms with van der Waals surface area (Å²) in [4.78, 5) is 52.6. The van der Waals surface area contributed by atoms with Crippen molar-refractivity contribution in [2.24, 2.45) is 23.7 Å². The summed E-state index contributed by atoms with van der Waals surface area (Å²) in [5, 5.41) is 2.51. The Balaban J connectivity index is 1.10. The van der Waals surface area contributed by atoms with Crippen molar-refractivity contribution in [2.45, 2.75) is 18.8 Å². The van der Waals surface area contributed by atoms with Gasteiger partial charge in [0, 0.05) is 5.69 Å². The Kier molecular flexibility index (Phi) is 6.02. The Morgan fingerprint density at radius 1 is 0.868 bits per heavy atom. The van der Waals surface area contributed by atoms with Gasteiger partial charge >= 0.3 is 5.97 Å². The number of hydrogen-bond acceptors (Lipinski definition) is 5. The van der Waals surface area contributed by atoms with Crippen molar-refractivity contribution in [3.8, 4) is 0 Å². The molecule has 1 heterocycles. The molecule has 0 unspecified atom stereocenters. The molecular weight excluding hydrogens is 487 g/mol. The lowest BCUT2D eigenvalue weighted by Crippen LogP contribution is -2.33. The third-order valence-electron chi connectivity index (χ3n) is 8.07. The molecule has 3 aliphatic rings. The number of anilines is 2. The highest BCUT2D eigenvalue weighted by atomic mass is 19.1. The van der Waals surface area contributed by atoms with Crippen molar-refractivity contribution in [3.05, 3.63) is 95.8 Å². The van der Waals surface area contributed by atoms with Crippen LogP contribution in [0.4, 0.5) is 15.8 Å². The van der Waals surface area contributed by atoms with Gasteiger partial charge < -0.3 is 10.1 Å². The van der Waals surface area contributed by atoms with E-state index in [2.05, 4.69) is 17.4 Å². The lowest BCUT2D eigenvalue weighted by molar-refractivity contribution is -0.123. The van der Waals surface area contributed by atoms with Crippen LogP contribution in [0, 0.1) is 29.5 Å². The first kappa shape index (κ1) is 24.0. The summed E-state index contributed by atoms with van der Waals surface area (Å²) in [6.45, 7) is -0.518. The Bertz CT molecular complexity index is 1410. The summed E-state index contributed by atoms with van der Waals surface area (Å²) in [6.07, 6.45) is 1.82. The third kappa shape index (κ3) is 4.16. The first-order valence-electron chi connectivity index (χ1n) is 12.7. The van der Waals surface area contributed by atoms with Gasteiger partial charge in [-0.15, -0.1) is 0 Å². The fraction of sp³-hybridized carbons (Fsp3) is 0.267. The summed E-state index contributed by atoms with van der Waals surface area (Å²) in [7, 11) is 0. The first-order valence-corrected chi connectivity index (χ1v) is 12.7. The maximum Gasteiger partial charge on any atom is 0.338 e. The number of esters is 1. The summed E-state index contributed by atoms with van der Waals surface area (Å²) in [5.41, 5.74) is 2.22. The van der Waals surface area contributed by atoms with Gasteiger partial charge in [-0.1, -0.05) is 30.3 Å². The average molecular weight is 513 g/mol.